The summed E-state index contributed by atoms with van der Waals surface area (Å²) in [5.74, 6) is 3.04. The molecule has 0 fully saturated rings. The number of amides is 1. The van der Waals surface area contributed by atoms with Gasteiger partial charge in [0.25, 0.3) is 0 Å². The number of allylic oxidation sites excluding steroid dienone is 1. The monoisotopic (exact) mass is 519 g/mol. The molecule has 0 aliphatic rings. The van der Waals surface area contributed by atoms with E-state index in [0.29, 0.717) is 6.61 Å². The highest BCUT2D eigenvalue weighted by Gasteiger charge is 2.13. The van der Waals surface area contributed by atoms with Gasteiger partial charge in [0.2, 0.25) is 5.91 Å². The molecule has 3 rings (SSSR count). The zero-order chi connectivity index (χ0) is 27.2. The van der Waals surface area contributed by atoms with Gasteiger partial charge in [0.15, 0.2) is 11.5 Å². The lowest BCUT2D eigenvalue weighted by atomic mass is 10.0. The van der Waals surface area contributed by atoms with Crippen LogP contribution in [0.5, 0.6) is 11.5 Å². The molecule has 0 spiro atoms. The van der Waals surface area contributed by atoms with Gasteiger partial charge >= 0.3 is 0 Å². The molecule has 0 aliphatic heterocycles. The third-order valence-electron chi connectivity index (χ3n) is 7.11. The first-order valence-electron chi connectivity index (χ1n) is 14.2. The fourth-order valence-electron chi connectivity index (χ4n) is 4.85. The third-order valence-corrected chi connectivity index (χ3v) is 7.11. The number of methoxy groups -OCH3 is 1. The normalized spacial score (nSPS) is 11.2. The van der Waals surface area contributed by atoms with Crippen LogP contribution in [0, 0.1) is 5.92 Å². The Kier molecular flexibility index (Phi) is 12.2. The van der Waals surface area contributed by atoms with E-state index in [1.165, 1.54) is 5.52 Å². The molecule has 3 aromatic rings. The number of ether oxygens (including phenoxy) is 2. The summed E-state index contributed by atoms with van der Waals surface area (Å²) in [6.07, 6.45) is 10.5. The highest BCUT2D eigenvalue weighted by Crippen LogP contribution is 2.28. The van der Waals surface area contributed by atoms with Crippen LogP contribution in [-0.4, -0.2) is 35.7 Å². The van der Waals surface area contributed by atoms with Gasteiger partial charge in [-0.05, 0) is 74.8 Å². The second-order valence-electron chi connectivity index (χ2n) is 9.82. The molecular formula is C32H45N3O3. The van der Waals surface area contributed by atoms with Crippen LogP contribution >= 0.6 is 0 Å². The average Bonchev–Trinajstić information content (AvgIpc) is 3.29. The van der Waals surface area contributed by atoms with Crippen molar-refractivity contribution in [2.75, 3.05) is 20.3 Å². The average molecular weight is 520 g/mol. The number of unbranched alkanes of at least 4 members (excludes halogenated alkanes) is 3. The van der Waals surface area contributed by atoms with E-state index in [1.54, 1.807) is 7.11 Å². The maximum Gasteiger partial charge on any atom is 0.223 e. The molecule has 2 aromatic carbocycles. The number of benzene rings is 2. The van der Waals surface area contributed by atoms with Crippen LogP contribution in [0.2, 0.25) is 0 Å². The number of carbonyl (C=O) groups is 1. The van der Waals surface area contributed by atoms with Crippen LogP contribution < -0.4 is 14.8 Å². The molecule has 38 heavy (non-hydrogen) atoms. The maximum absolute atomic E-state index is 12.2. The maximum atomic E-state index is 12.2. The molecule has 1 amide bonds. The van der Waals surface area contributed by atoms with Crippen molar-refractivity contribution in [3.05, 3.63) is 66.5 Å². The molecule has 0 unspecified atom stereocenters. The van der Waals surface area contributed by atoms with E-state index in [-0.39, 0.29) is 11.8 Å². The molecule has 0 radical (unpaired) electrons. The number of para-hydroxylation sites is 2. The second-order valence-corrected chi connectivity index (χ2v) is 9.82. The molecule has 0 atom stereocenters. The highest BCUT2D eigenvalue weighted by molar-refractivity contribution is 5.78. The van der Waals surface area contributed by atoms with Crippen LogP contribution in [0.4, 0.5) is 0 Å². The number of rotatable bonds is 18. The molecule has 1 aromatic heterocycles. The van der Waals surface area contributed by atoms with Gasteiger partial charge < -0.3 is 19.4 Å². The SMILES string of the molecule is C=CCc1ccc(OCCCCn2c(CCCCCNC(=O)C(CC)CC)nc3ccccc32)c(OC)c1. The lowest BCUT2D eigenvalue weighted by Gasteiger charge is -2.13. The lowest BCUT2D eigenvalue weighted by Crippen LogP contribution is -2.30. The van der Waals surface area contributed by atoms with Gasteiger partial charge in [0, 0.05) is 25.4 Å². The molecule has 0 saturated carbocycles. The Bertz CT molecular complexity index is 1150. The molecule has 0 bridgehead atoms. The molecule has 0 aliphatic carbocycles. The number of carbonyl (C=O) groups excluding carboxylic acids is 1. The summed E-state index contributed by atoms with van der Waals surface area (Å²) in [4.78, 5) is 17.1. The van der Waals surface area contributed by atoms with Crippen LogP contribution in [0.25, 0.3) is 11.0 Å². The van der Waals surface area contributed by atoms with Crippen molar-refractivity contribution in [2.24, 2.45) is 5.92 Å². The molecular weight excluding hydrogens is 474 g/mol. The summed E-state index contributed by atoms with van der Waals surface area (Å²) in [5, 5.41) is 3.10. The standard InChI is InChI=1S/C32H45N3O3/c1-5-15-25-19-20-29(30(24-25)37-4)38-23-14-13-22-35-28-17-11-10-16-27(28)34-31(35)18-9-8-12-21-33-32(36)26(6-2)7-3/h5,10-11,16-17,19-20,24,26H,1,6-9,12-15,18,21-23H2,2-4H3,(H,33,36). The number of aromatic nitrogens is 2. The van der Waals surface area contributed by atoms with Crippen LogP contribution in [-0.2, 0) is 24.2 Å². The Morgan fingerprint density at radius 1 is 1.05 bits per heavy atom. The lowest BCUT2D eigenvalue weighted by molar-refractivity contribution is -0.125. The molecule has 1 heterocycles. The van der Waals surface area contributed by atoms with E-state index in [1.807, 2.05) is 24.3 Å². The van der Waals surface area contributed by atoms with E-state index in [9.17, 15) is 4.79 Å². The summed E-state index contributed by atoms with van der Waals surface area (Å²) in [7, 11) is 1.68. The van der Waals surface area contributed by atoms with Gasteiger partial charge in [-0.1, -0.05) is 44.5 Å². The Labute approximate surface area is 228 Å². The smallest absolute Gasteiger partial charge is 0.223 e. The largest absolute Gasteiger partial charge is 0.493 e. The van der Waals surface area contributed by atoms with Crippen LogP contribution in [0.1, 0.15) is 70.2 Å². The predicted molar refractivity (Wildman–Crippen MR) is 156 cm³/mol. The fraction of sp³-hybridized carbons (Fsp3) is 0.500. The minimum atomic E-state index is 0.144. The summed E-state index contributed by atoms with van der Waals surface area (Å²) in [6.45, 7) is 10.3. The highest BCUT2D eigenvalue weighted by atomic mass is 16.5. The number of hydrogen-bond acceptors (Lipinski definition) is 4. The summed E-state index contributed by atoms with van der Waals surface area (Å²) in [6, 6.07) is 14.4. The van der Waals surface area contributed by atoms with Gasteiger partial charge in [0.05, 0.1) is 24.8 Å². The molecule has 1 N–H and O–H groups in total. The topological polar surface area (TPSA) is 65.4 Å². The zero-order valence-corrected chi connectivity index (χ0v) is 23.5. The fourth-order valence-corrected chi connectivity index (χ4v) is 4.85. The van der Waals surface area contributed by atoms with Crippen molar-refractivity contribution in [1.29, 1.82) is 0 Å². The summed E-state index contributed by atoms with van der Waals surface area (Å²) >= 11 is 0. The van der Waals surface area contributed by atoms with Gasteiger partial charge in [0.1, 0.15) is 5.82 Å². The molecule has 206 valence electrons. The van der Waals surface area contributed by atoms with E-state index in [4.69, 9.17) is 14.5 Å². The Morgan fingerprint density at radius 2 is 1.87 bits per heavy atom. The Morgan fingerprint density at radius 3 is 2.63 bits per heavy atom. The van der Waals surface area contributed by atoms with Crippen molar-refractivity contribution in [3.63, 3.8) is 0 Å². The van der Waals surface area contributed by atoms with Crippen molar-refractivity contribution >= 4 is 16.9 Å². The van der Waals surface area contributed by atoms with Gasteiger partial charge in [-0.25, -0.2) is 4.98 Å². The van der Waals surface area contributed by atoms with Crippen molar-refractivity contribution in [2.45, 2.75) is 78.2 Å². The van der Waals surface area contributed by atoms with Crippen LogP contribution in [0.15, 0.2) is 55.1 Å². The molecule has 6 nitrogen and oxygen atoms in total. The van der Waals surface area contributed by atoms with Crippen LogP contribution in [0.3, 0.4) is 0 Å². The number of aryl methyl sites for hydroxylation is 2. The number of nitrogens with one attached hydrogen (secondary N) is 1. The van der Waals surface area contributed by atoms with E-state index in [0.717, 1.165) is 99.3 Å². The molecule has 6 heteroatoms. The molecule has 0 saturated heterocycles. The summed E-state index contributed by atoms with van der Waals surface area (Å²) < 4.78 is 13.9. The van der Waals surface area contributed by atoms with E-state index < -0.39 is 0 Å². The number of hydrogen-bond donors (Lipinski definition) is 1. The number of imidazole rings is 1. The Hall–Kier alpha value is -3.28. The first-order chi connectivity index (χ1) is 18.6. The summed E-state index contributed by atoms with van der Waals surface area (Å²) in [5.41, 5.74) is 3.41. The second kappa shape index (κ2) is 15.9. The predicted octanol–water partition coefficient (Wildman–Crippen LogP) is 6.90. The van der Waals surface area contributed by atoms with Gasteiger partial charge in [-0.15, -0.1) is 6.58 Å². The zero-order valence-electron chi connectivity index (χ0n) is 23.5. The van der Waals surface area contributed by atoms with E-state index in [2.05, 4.69) is 54.6 Å². The van der Waals surface area contributed by atoms with Crippen molar-refractivity contribution in [1.82, 2.24) is 14.9 Å². The van der Waals surface area contributed by atoms with Gasteiger partial charge in [-0.2, -0.15) is 0 Å². The number of fused-ring (bicyclic) bond motifs is 1. The minimum Gasteiger partial charge on any atom is -0.493 e. The van der Waals surface area contributed by atoms with Crippen molar-refractivity contribution < 1.29 is 14.3 Å². The first kappa shape index (κ1) is 29.3. The number of nitrogens with zero attached hydrogens (tertiary/aromatic N) is 2. The van der Waals surface area contributed by atoms with E-state index >= 15 is 0 Å². The third kappa shape index (κ3) is 8.37. The van der Waals surface area contributed by atoms with Crippen molar-refractivity contribution in [3.8, 4) is 11.5 Å². The quantitative estimate of drug-likeness (QED) is 0.147. The minimum absolute atomic E-state index is 0.144. The Balaban J connectivity index is 1.47. The van der Waals surface area contributed by atoms with Gasteiger partial charge in [-0.3, -0.25) is 4.79 Å². The first-order valence-corrected chi connectivity index (χ1v) is 14.2.